The second kappa shape index (κ2) is 13.5. The molecule has 0 bridgehead atoms. The molecule has 1 heteroatoms. The fraction of sp³-hybridized carbons (Fsp3) is 0.629. The van der Waals surface area contributed by atoms with Gasteiger partial charge >= 0.3 is 0 Å². The summed E-state index contributed by atoms with van der Waals surface area (Å²) in [6, 6.07) is 21.5. The van der Waals surface area contributed by atoms with Crippen LogP contribution in [0.25, 0.3) is 11.1 Å². The van der Waals surface area contributed by atoms with Crippen LogP contribution in [-0.4, -0.2) is 0 Å². The number of unbranched alkanes of at least 4 members (excludes halogenated alkanes) is 4. The minimum Gasteiger partial charge on any atom is -0.198 e. The monoisotopic (exact) mass is 483 g/mol. The molecule has 194 valence electrons. The Morgan fingerprint density at radius 2 is 1.17 bits per heavy atom. The van der Waals surface area contributed by atoms with E-state index >= 15 is 0 Å². The number of rotatable bonds is 11. The second-order valence-corrected chi connectivity index (χ2v) is 12.1. The quantitative estimate of drug-likeness (QED) is 0.291. The number of hydrogen-bond donors (Lipinski definition) is 0. The van der Waals surface area contributed by atoms with Crippen molar-refractivity contribution in [3.05, 3.63) is 59.7 Å². The van der Waals surface area contributed by atoms with Crippen LogP contribution >= 0.6 is 0 Å². The van der Waals surface area contributed by atoms with Crippen molar-refractivity contribution in [2.45, 2.75) is 128 Å². The molecule has 2 saturated carbocycles. The van der Waals surface area contributed by atoms with Crippen molar-refractivity contribution in [2.75, 3.05) is 0 Å². The zero-order valence-electron chi connectivity index (χ0n) is 23.1. The van der Waals surface area contributed by atoms with E-state index in [1.54, 1.807) is 5.56 Å². The van der Waals surface area contributed by atoms with Gasteiger partial charge in [-0.25, -0.2) is 0 Å². The van der Waals surface area contributed by atoms with Crippen molar-refractivity contribution in [1.82, 2.24) is 0 Å². The van der Waals surface area contributed by atoms with Crippen LogP contribution < -0.4 is 0 Å². The lowest BCUT2D eigenvalue weighted by Gasteiger charge is -2.35. The molecule has 0 aromatic heterocycles. The molecule has 36 heavy (non-hydrogen) atoms. The maximum Gasteiger partial charge on any atom is 0.0689 e. The van der Waals surface area contributed by atoms with E-state index in [0.29, 0.717) is 5.92 Å². The topological polar surface area (TPSA) is 23.8 Å². The van der Waals surface area contributed by atoms with E-state index in [9.17, 15) is 5.26 Å². The van der Waals surface area contributed by atoms with Gasteiger partial charge in [-0.1, -0.05) is 107 Å². The minimum absolute atomic E-state index is 0.0539. The van der Waals surface area contributed by atoms with Gasteiger partial charge in [-0.2, -0.15) is 5.26 Å². The van der Waals surface area contributed by atoms with Gasteiger partial charge in [-0.15, -0.1) is 0 Å². The van der Waals surface area contributed by atoms with Gasteiger partial charge in [-0.05, 0) is 97.8 Å². The van der Waals surface area contributed by atoms with Crippen molar-refractivity contribution in [3.8, 4) is 17.2 Å². The summed E-state index contributed by atoms with van der Waals surface area (Å²) in [5.74, 6) is 2.36. The summed E-state index contributed by atoms with van der Waals surface area (Å²) in [5, 5.41) is 9.86. The van der Waals surface area contributed by atoms with E-state index in [1.807, 2.05) is 0 Å². The van der Waals surface area contributed by atoms with Crippen molar-refractivity contribution in [2.24, 2.45) is 11.3 Å². The van der Waals surface area contributed by atoms with Crippen LogP contribution in [-0.2, 0) is 0 Å². The first kappa shape index (κ1) is 27.0. The predicted octanol–water partition coefficient (Wildman–Crippen LogP) is 11.0. The molecular weight excluding hydrogens is 434 g/mol. The largest absolute Gasteiger partial charge is 0.198 e. The lowest BCUT2D eigenvalue weighted by atomic mass is 9.67. The molecule has 2 aliphatic rings. The highest BCUT2D eigenvalue weighted by Gasteiger charge is 2.35. The van der Waals surface area contributed by atoms with E-state index in [0.717, 1.165) is 43.9 Å². The van der Waals surface area contributed by atoms with Crippen LogP contribution in [0.2, 0.25) is 0 Å². The van der Waals surface area contributed by atoms with Gasteiger partial charge in [0.2, 0.25) is 0 Å². The molecule has 4 rings (SSSR count). The summed E-state index contributed by atoms with van der Waals surface area (Å²) in [4.78, 5) is 0. The summed E-state index contributed by atoms with van der Waals surface area (Å²) in [6.45, 7) is 4.55. The van der Waals surface area contributed by atoms with Gasteiger partial charge in [-0.3, -0.25) is 0 Å². The summed E-state index contributed by atoms with van der Waals surface area (Å²) in [7, 11) is 0. The molecule has 2 aliphatic carbocycles. The highest BCUT2D eigenvalue weighted by Crippen LogP contribution is 2.46. The Bertz CT molecular complexity index is 932. The Hall–Kier alpha value is -2.07. The SMILES string of the molecule is CCCCCC1(C#N)CCC(c2ccc(-c3ccc([C@H]4CC[C@H](CCCCC)CC4)cc3)cc2)CC1. The molecule has 0 atom stereocenters. The average Bonchev–Trinajstić information content (AvgIpc) is 2.94. The maximum atomic E-state index is 9.86. The fourth-order valence-corrected chi connectivity index (χ4v) is 7.00. The van der Waals surface area contributed by atoms with Gasteiger partial charge in [0.05, 0.1) is 11.5 Å². The highest BCUT2D eigenvalue weighted by atomic mass is 14.4. The van der Waals surface area contributed by atoms with Crippen molar-refractivity contribution in [3.63, 3.8) is 0 Å². The third-order valence-electron chi connectivity index (χ3n) is 9.60. The zero-order valence-corrected chi connectivity index (χ0v) is 23.1. The summed E-state index contributed by atoms with van der Waals surface area (Å²) < 4.78 is 0. The molecule has 1 nitrogen and oxygen atoms in total. The first-order valence-electron chi connectivity index (χ1n) is 15.3. The Kier molecular flexibility index (Phi) is 10.1. The van der Waals surface area contributed by atoms with Crippen LogP contribution in [0.3, 0.4) is 0 Å². The van der Waals surface area contributed by atoms with Crippen LogP contribution in [0.5, 0.6) is 0 Å². The Labute approximate surface area is 221 Å². The highest BCUT2D eigenvalue weighted by molar-refractivity contribution is 5.64. The van der Waals surface area contributed by atoms with Gasteiger partial charge in [0.1, 0.15) is 0 Å². The molecular formula is C35H49N. The molecule has 0 amide bonds. The summed E-state index contributed by atoms with van der Waals surface area (Å²) in [5.41, 5.74) is 5.62. The molecule has 0 radical (unpaired) electrons. The maximum absolute atomic E-state index is 9.86. The molecule has 0 saturated heterocycles. The van der Waals surface area contributed by atoms with Gasteiger partial charge in [0, 0.05) is 0 Å². The molecule has 0 N–H and O–H groups in total. The molecule has 0 aliphatic heterocycles. The Morgan fingerprint density at radius 1 is 0.667 bits per heavy atom. The molecule has 2 aromatic carbocycles. The number of hydrogen-bond acceptors (Lipinski definition) is 1. The van der Waals surface area contributed by atoms with E-state index < -0.39 is 0 Å². The van der Waals surface area contributed by atoms with Gasteiger partial charge in [0.25, 0.3) is 0 Å². The summed E-state index contributed by atoms with van der Waals surface area (Å²) in [6.07, 6.45) is 20.5. The number of benzene rings is 2. The number of nitrogens with zero attached hydrogens (tertiary/aromatic N) is 1. The zero-order chi connectivity index (χ0) is 25.2. The van der Waals surface area contributed by atoms with Gasteiger partial charge < -0.3 is 0 Å². The van der Waals surface area contributed by atoms with Crippen molar-refractivity contribution in [1.29, 1.82) is 5.26 Å². The average molecular weight is 484 g/mol. The van der Waals surface area contributed by atoms with Crippen LogP contribution in [0.4, 0.5) is 0 Å². The second-order valence-electron chi connectivity index (χ2n) is 12.1. The minimum atomic E-state index is -0.0539. The molecule has 2 fully saturated rings. The van der Waals surface area contributed by atoms with E-state index in [4.69, 9.17) is 0 Å². The third-order valence-corrected chi connectivity index (χ3v) is 9.60. The van der Waals surface area contributed by atoms with Crippen molar-refractivity contribution >= 4 is 0 Å². The smallest absolute Gasteiger partial charge is 0.0689 e. The van der Waals surface area contributed by atoms with Crippen LogP contribution in [0.1, 0.15) is 140 Å². The predicted molar refractivity (Wildman–Crippen MR) is 154 cm³/mol. The van der Waals surface area contributed by atoms with Crippen LogP contribution in [0.15, 0.2) is 48.5 Å². The molecule has 2 aromatic rings. The normalized spacial score (nSPS) is 26.4. The van der Waals surface area contributed by atoms with Gasteiger partial charge in [0.15, 0.2) is 0 Å². The first-order valence-corrected chi connectivity index (χ1v) is 15.3. The fourth-order valence-electron chi connectivity index (χ4n) is 7.00. The third kappa shape index (κ3) is 7.03. The number of nitriles is 1. The van der Waals surface area contributed by atoms with E-state index in [2.05, 4.69) is 68.4 Å². The Morgan fingerprint density at radius 3 is 1.67 bits per heavy atom. The molecule has 0 heterocycles. The first-order chi connectivity index (χ1) is 17.7. The van der Waals surface area contributed by atoms with E-state index in [-0.39, 0.29) is 5.41 Å². The van der Waals surface area contributed by atoms with E-state index in [1.165, 1.54) is 87.3 Å². The lowest BCUT2D eigenvalue weighted by molar-refractivity contribution is 0.223. The molecule has 0 spiro atoms. The van der Waals surface area contributed by atoms with Crippen LogP contribution in [0, 0.1) is 22.7 Å². The molecule has 0 unspecified atom stereocenters. The van der Waals surface area contributed by atoms with Crippen molar-refractivity contribution < 1.29 is 0 Å². The lowest BCUT2D eigenvalue weighted by Crippen LogP contribution is -2.25. The summed E-state index contributed by atoms with van der Waals surface area (Å²) >= 11 is 0. The standard InChI is InChI=1S/C35H49N/c1-3-5-7-9-28-10-12-29(13-11-28)30-14-16-31(17-15-30)32-18-20-33(21-19-32)34-22-25-35(27-36,26-23-34)24-8-6-4-2/h14-21,28-29,34H,3-13,22-26H2,1-2H3/t28-,29-,34?,35?. The Balaban J connectivity index is 1.28.